The van der Waals surface area contributed by atoms with E-state index >= 15 is 0 Å². The van der Waals surface area contributed by atoms with Gasteiger partial charge in [-0.2, -0.15) is 0 Å². The monoisotopic (exact) mass is 225 g/mol. The second-order valence-corrected chi connectivity index (χ2v) is 7.89. The summed E-state index contributed by atoms with van der Waals surface area (Å²) in [5, 5.41) is -0.617. The maximum absolute atomic E-state index is 5.89. The van der Waals surface area contributed by atoms with E-state index in [0.717, 1.165) is 0 Å². The van der Waals surface area contributed by atoms with Crippen molar-refractivity contribution in [1.82, 2.24) is 0 Å². The lowest BCUT2D eigenvalue weighted by Crippen LogP contribution is -2.35. The zero-order chi connectivity index (χ0) is 10.7. The van der Waals surface area contributed by atoms with Crippen molar-refractivity contribution < 1.29 is 4.74 Å². The second-order valence-electron chi connectivity index (χ2n) is 4.05. The van der Waals surface area contributed by atoms with Gasteiger partial charge in [-0.3, -0.25) is 0 Å². The molecule has 2 unspecified atom stereocenters. The van der Waals surface area contributed by atoms with Crippen LogP contribution >= 0.6 is 16.8 Å². The molecule has 0 aromatic rings. The molecule has 2 atom stereocenters. The van der Waals surface area contributed by atoms with Crippen molar-refractivity contribution in [2.45, 2.75) is 38.3 Å². The molecular weight excluding hydrogens is 204 g/mol. The first-order valence-corrected chi connectivity index (χ1v) is 6.79. The maximum atomic E-state index is 5.89. The fourth-order valence-electron chi connectivity index (χ4n) is 0.439. The number of hydrogen-bond acceptors (Lipinski definition) is 4. The lowest BCUT2D eigenvalue weighted by atomic mass is 10.4. The molecule has 0 amide bonds. The minimum absolute atomic E-state index is 0.259. The van der Waals surface area contributed by atoms with Crippen molar-refractivity contribution in [2.24, 2.45) is 16.7 Å². The largest absolute Gasteiger partial charge is 0.364 e. The summed E-state index contributed by atoms with van der Waals surface area (Å²) in [5.74, 6) is 0. The van der Waals surface area contributed by atoms with Crippen molar-refractivity contribution in [1.29, 1.82) is 0 Å². The van der Waals surface area contributed by atoms with E-state index in [1.54, 1.807) is 0 Å². The molecule has 0 rings (SSSR count). The molecule has 0 heterocycles. The summed E-state index contributed by atoms with van der Waals surface area (Å²) >= 11 is 0. The molecule has 0 saturated carbocycles. The molecule has 80 valence electrons. The van der Waals surface area contributed by atoms with E-state index in [-0.39, 0.29) is 19.4 Å². The number of rotatable bonds is 5. The van der Waals surface area contributed by atoms with Crippen molar-refractivity contribution in [3.8, 4) is 0 Å². The summed E-state index contributed by atoms with van der Waals surface area (Å²) < 4.78 is 5.58. The molecule has 0 radical (unpaired) electrons. The third-order valence-electron chi connectivity index (χ3n) is 1.65. The summed E-state index contributed by atoms with van der Waals surface area (Å²) in [5.41, 5.74) is 17.3. The fraction of sp³-hybridized carbons (Fsp3) is 1.00. The van der Waals surface area contributed by atoms with Gasteiger partial charge in [0.05, 0.1) is 11.7 Å². The fourth-order valence-corrected chi connectivity index (χ4v) is 1.51. The Morgan fingerprint density at radius 2 is 1.77 bits per heavy atom. The molecule has 0 aliphatic carbocycles. The SMILES string of the molecule is CC(C)(OCP(N)C(C)(C)N)PN. The zero-order valence-corrected chi connectivity index (χ0v) is 10.7. The number of hydrogen-bond donors (Lipinski definition) is 3. The Balaban J connectivity index is 3.90. The van der Waals surface area contributed by atoms with E-state index in [1.807, 2.05) is 27.7 Å². The molecule has 0 aromatic carbocycles. The molecule has 13 heavy (non-hydrogen) atoms. The first-order valence-electron chi connectivity index (χ1n) is 4.12. The van der Waals surface area contributed by atoms with Gasteiger partial charge in [-0.15, -0.1) is 0 Å². The van der Waals surface area contributed by atoms with Crippen LogP contribution in [0.1, 0.15) is 27.7 Å². The molecule has 6 N–H and O–H groups in total. The molecule has 0 aromatic heterocycles. The Morgan fingerprint density at radius 3 is 2.08 bits per heavy atom. The summed E-state index contributed by atoms with van der Waals surface area (Å²) in [7, 11) is -0.528. The quantitative estimate of drug-likeness (QED) is 0.615. The summed E-state index contributed by atoms with van der Waals surface area (Å²) in [6, 6.07) is 0. The lowest BCUT2D eigenvalue weighted by Gasteiger charge is -2.31. The maximum Gasteiger partial charge on any atom is 0.0923 e. The van der Waals surface area contributed by atoms with Gasteiger partial charge in [0.1, 0.15) is 0 Å². The van der Waals surface area contributed by atoms with Crippen LogP contribution in [0.5, 0.6) is 0 Å². The molecule has 0 bridgehead atoms. The number of nitrogens with two attached hydrogens (primary N) is 3. The topological polar surface area (TPSA) is 87.3 Å². The Hall–Kier alpha value is 0.700. The molecule has 4 nitrogen and oxygen atoms in total. The van der Waals surface area contributed by atoms with Gasteiger partial charge in [-0.1, -0.05) is 0 Å². The third kappa shape index (κ3) is 5.90. The van der Waals surface area contributed by atoms with Gasteiger partial charge in [-0.05, 0) is 36.4 Å². The first-order chi connectivity index (χ1) is 5.69. The minimum atomic E-state index is -0.787. The predicted octanol–water partition coefficient (Wildman–Crippen LogP) is 1.30. The smallest absolute Gasteiger partial charge is 0.0923 e. The average molecular weight is 225 g/mol. The molecule has 6 heteroatoms. The highest BCUT2D eigenvalue weighted by atomic mass is 31.1. The normalized spacial score (nSPS) is 16.8. The second kappa shape index (κ2) is 4.97. The zero-order valence-electron chi connectivity index (χ0n) is 8.79. The van der Waals surface area contributed by atoms with E-state index in [4.69, 9.17) is 21.5 Å². The van der Waals surface area contributed by atoms with E-state index in [1.165, 1.54) is 0 Å². The molecular formula is C7H21N3OP2. The lowest BCUT2D eigenvalue weighted by molar-refractivity contribution is 0.0840. The van der Waals surface area contributed by atoms with Crippen LogP contribution < -0.4 is 16.7 Å². The van der Waals surface area contributed by atoms with Crippen LogP contribution in [0, 0.1) is 0 Å². The van der Waals surface area contributed by atoms with Gasteiger partial charge in [-0.25, -0.2) is 0 Å². The molecule has 0 fully saturated rings. The van der Waals surface area contributed by atoms with Crippen LogP contribution in [-0.2, 0) is 4.74 Å². The van der Waals surface area contributed by atoms with Gasteiger partial charge < -0.3 is 21.5 Å². The van der Waals surface area contributed by atoms with E-state index in [2.05, 4.69) is 0 Å². The van der Waals surface area contributed by atoms with Crippen LogP contribution in [0.25, 0.3) is 0 Å². The average Bonchev–Trinajstić information content (AvgIpc) is 1.98. The van der Waals surface area contributed by atoms with Crippen molar-refractivity contribution >= 4 is 16.8 Å². The Kier molecular flexibility index (Phi) is 5.24. The summed E-state index contributed by atoms with van der Waals surface area (Å²) in [6.07, 6.45) is 0.510. The van der Waals surface area contributed by atoms with Crippen LogP contribution in [0.4, 0.5) is 0 Å². The van der Waals surface area contributed by atoms with Crippen LogP contribution in [0.2, 0.25) is 0 Å². The van der Waals surface area contributed by atoms with Crippen molar-refractivity contribution in [3.05, 3.63) is 0 Å². The first kappa shape index (κ1) is 13.7. The highest BCUT2D eigenvalue weighted by Gasteiger charge is 2.24. The van der Waals surface area contributed by atoms with Gasteiger partial charge >= 0.3 is 0 Å². The molecule has 0 spiro atoms. The number of ether oxygens (including phenoxy) is 1. The standard InChI is InChI=1S/C7H21N3OP2/c1-6(2,8)13(10)5-11-7(3,4)12-9/h12H,5,8-10H2,1-4H3. The Bertz CT molecular complexity index is 158. The minimum Gasteiger partial charge on any atom is -0.364 e. The summed E-state index contributed by atoms with van der Waals surface area (Å²) in [6.45, 7) is 7.75. The van der Waals surface area contributed by atoms with E-state index in [0.29, 0.717) is 6.35 Å². The molecule has 0 aliphatic rings. The van der Waals surface area contributed by atoms with Crippen LogP contribution in [-0.4, -0.2) is 17.0 Å². The predicted molar refractivity (Wildman–Crippen MR) is 61.9 cm³/mol. The van der Waals surface area contributed by atoms with Crippen LogP contribution in [0.3, 0.4) is 0 Å². The highest BCUT2D eigenvalue weighted by Crippen LogP contribution is 2.40. The Labute approximate surface area is 83.6 Å². The van der Waals surface area contributed by atoms with Gasteiger partial charge in [0.15, 0.2) is 0 Å². The van der Waals surface area contributed by atoms with Crippen molar-refractivity contribution in [2.75, 3.05) is 6.35 Å². The van der Waals surface area contributed by atoms with Crippen molar-refractivity contribution in [3.63, 3.8) is 0 Å². The van der Waals surface area contributed by atoms with Gasteiger partial charge in [0, 0.05) is 13.4 Å². The summed E-state index contributed by atoms with van der Waals surface area (Å²) in [4.78, 5) is 0. The molecule has 0 saturated heterocycles. The van der Waals surface area contributed by atoms with Gasteiger partial charge in [0.2, 0.25) is 0 Å². The highest BCUT2D eigenvalue weighted by molar-refractivity contribution is 7.56. The van der Waals surface area contributed by atoms with Gasteiger partial charge in [0.25, 0.3) is 0 Å². The van der Waals surface area contributed by atoms with Crippen LogP contribution in [0.15, 0.2) is 0 Å². The third-order valence-corrected chi connectivity index (χ3v) is 4.38. The van der Waals surface area contributed by atoms with E-state index in [9.17, 15) is 0 Å². The van der Waals surface area contributed by atoms with E-state index < -0.39 is 8.07 Å². The molecule has 0 aliphatic heterocycles. The Morgan fingerprint density at radius 1 is 1.31 bits per heavy atom.